The molecule has 1 aliphatic heterocycles. The zero-order valence-corrected chi connectivity index (χ0v) is 17.8. The molecular weight excluding hydrogens is 423 g/mol. The Balaban J connectivity index is 1.63. The fourth-order valence-electron chi connectivity index (χ4n) is 3.72. The van der Waals surface area contributed by atoms with Crippen molar-refractivity contribution in [1.29, 1.82) is 0 Å². The van der Waals surface area contributed by atoms with E-state index in [1.54, 1.807) is 12.1 Å². The number of nitrogens with zero attached hydrogens (tertiary/aromatic N) is 2. The van der Waals surface area contributed by atoms with Gasteiger partial charge in [-0.25, -0.2) is 0 Å². The van der Waals surface area contributed by atoms with Crippen LogP contribution in [0.4, 0.5) is 24.5 Å². The average Bonchev–Trinajstić information content (AvgIpc) is 3.14. The third kappa shape index (κ3) is 5.27. The van der Waals surface area contributed by atoms with Crippen molar-refractivity contribution < 1.29 is 27.6 Å². The number of benzene rings is 2. The second kappa shape index (κ2) is 9.42. The van der Waals surface area contributed by atoms with Crippen molar-refractivity contribution in [3.8, 4) is 0 Å². The van der Waals surface area contributed by atoms with Gasteiger partial charge in [-0.05, 0) is 36.2 Å². The molecule has 0 bridgehead atoms. The first-order chi connectivity index (χ1) is 15.1. The lowest BCUT2D eigenvalue weighted by atomic mass is 10.1. The van der Waals surface area contributed by atoms with Crippen molar-refractivity contribution in [3.05, 3.63) is 59.7 Å². The van der Waals surface area contributed by atoms with Crippen molar-refractivity contribution in [2.75, 3.05) is 30.4 Å². The smallest absolute Gasteiger partial charge is 0.336 e. The Hall–Kier alpha value is -3.36. The number of rotatable bonds is 6. The molecule has 1 N–H and O–H groups in total. The SMILES string of the molecule is CCc1ccccc1NC(=O)CN(C)C(=O)[C@@H]1CC(=O)N(c2cccc(C(F)(F)F)c2)C1. The Labute approximate surface area is 184 Å². The normalized spacial score (nSPS) is 16.2. The first-order valence-corrected chi connectivity index (χ1v) is 10.2. The third-order valence-electron chi connectivity index (χ3n) is 5.39. The van der Waals surface area contributed by atoms with E-state index in [1.807, 2.05) is 19.1 Å². The number of carbonyl (C=O) groups is 3. The predicted octanol–water partition coefficient (Wildman–Crippen LogP) is 3.72. The summed E-state index contributed by atoms with van der Waals surface area (Å²) in [5, 5.41) is 2.78. The molecule has 0 spiro atoms. The average molecular weight is 447 g/mol. The number of likely N-dealkylation sites (N-methyl/N-ethyl adjacent to an activating group) is 1. The topological polar surface area (TPSA) is 69.7 Å². The monoisotopic (exact) mass is 447 g/mol. The first kappa shape index (κ1) is 23.3. The second-order valence-corrected chi connectivity index (χ2v) is 7.71. The number of carbonyl (C=O) groups excluding carboxylic acids is 3. The maximum absolute atomic E-state index is 13.0. The molecule has 3 amide bonds. The van der Waals surface area contributed by atoms with E-state index in [4.69, 9.17) is 0 Å². The van der Waals surface area contributed by atoms with Crippen LogP contribution in [0.1, 0.15) is 24.5 Å². The standard InChI is InChI=1S/C23H24F3N3O3/c1-3-15-7-4-5-10-19(15)27-20(30)14-28(2)22(32)16-11-21(31)29(13-16)18-9-6-8-17(12-18)23(24,25)26/h4-10,12,16H,3,11,13-14H2,1-2H3,(H,27,30)/t16-/m1/s1. The molecule has 1 fully saturated rings. The zero-order valence-electron chi connectivity index (χ0n) is 17.8. The quantitative estimate of drug-likeness (QED) is 0.734. The van der Waals surface area contributed by atoms with Gasteiger partial charge in [-0.1, -0.05) is 31.2 Å². The minimum Gasteiger partial charge on any atom is -0.336 e. The van der Waals surface area contributed by atoms with E-state index in [1.165, 1.54) is 29.0 Å². The first-order valence-electron chi connectivity index (χ1n) is 10.2. The van der Waals surface area contributed by atoms with Crippen LogP contribution in [-0.2, 0) is 27.0 Å². The molecule has 0 unspecified atom stereocenters. The molecular formula is C23H24F3N3O3. The highest BCUT2D eigenvalue weighted by atomic mass is 19.4. The Morgan fingerprint density at radius 2 is 1.88 bits per heavy atom. The lowest BCUT2D eigenvalue weighted by Crippen LogP contribution is -2.39. The fraction of sp³-hybridized carbons (Fsp3) is 0.348. The Morgan fingerprint density at radius 1 is 1.16 bits per heavy atom. The van der Waals surface area contributed by atoms with Gasteiger partial charge in [0.25, 0.3) is 0 Å². The molecule has 1 atom stereocenters. The molecule has 9 heteroatoms. The molecule has 0 aliphatic carbocycles. The van der Waals surface area contributed by atoms with E-state index in [-0.39, 0.29) is 31.1 Å². The summed E-state index contributed by atoms with van der Waals surface area (Å²) in [5.74, 6) is -1.96. The van der Waals surface area contributed by atoms with Crippen molar-refractivity contribution in [1.82, 2.24) is 4.90 Å². The van der Waals surface area contributed by atoms with Crippen LogP contribution >= 0.6 is 0 Å². The highest BCUT2D eigenvalue weighted by molar-refractivity contribution is 6.01. The molecule has 0 saturated carbocycles. The maximum atomic E-state index is 13.0. The molecule has 0 radical (unpaired) electrons. The van der Waals surface area contributed by atoms with Gasteiger partial charge in [0.05, 0.1) is 18.0 Å². The molecule has 3 rings (SSSR count). The number of hydrogen-bond donors (Lipinski definition) is 1. The Kier molecular flexibility index (Phi) is 6.86. The summed E-state index contributed by atoms with van der Waals surface area (Å²) in [5.41, 5.74) is 0.871. The molecule has 1 aliphatic rings. The highest BCUT2D eigenvalue weighted by Gasteiger charge is 2.38. The van der Waals surface area contributed by atoms with E-state index in [0.29, 0.717) is 5.69 Å². The van der Waals surface area contributed by atoms with E-state index in [2.05, 4.69) is 5.32 Å². The van der Waals surface area contributed by atoms with Crippen LogP contribution in [-0.4, -0.2) is 42.8 Å². The summed E-state index contributed by atoms with van der Waals surface area (Å²) in [7, 11) is 1.46. The van der Waals surface area contributed by atoms with Crippen molar-refractivity contribution in [2.24, 2.45) is 5.92 Å². The van der Waals surface area contributed by atoms with Gasteiger partial charge < -0.3 is 15.1 Å². The van der Waals surface area contributed by atoms with Crippen LogP contribution in [0.15, 0.2) is 48.5 Å². The number of hydrogen-bond acceptors (Lipinski definition) is 3. The number of anilines is 2. The predicted molar refractivity (Wildman–Crippen MR) is 114 cm³/mol. The maximum Gasteiger partial charge on any atom is 0.416 e. The van der Waals surface area contributed by atoms with Gasteiger partial charge in [0.15, 0.2) is 0 Å². The molecule has 6 nitrogen and oxygen atoms in total. The molecule has 170 valence electrons. The molecule has 2 aromatic rings. The molecule has 1 heterocycles. The van der Waals surface area contributed by atoms with Gasteiger partial charge in [-0.2, -0.15) is 13.2 Å². The van der Waals surface area contributed by atoms with Gasteiger partial charge in [-0.15, -0.1) is 0 Å². The minimum atomic E-state index is -4.53. The number of amides is 3. The number of halogens is 3. The van der Waals surface area contributed by atoms with Gasteiger partial charge in [0.1, 0.15) is 0 Å². The van der Waals surface area contributed by atoms with Gasteiger partial charge in [0, 0.05) is 31.4 Å². The molecule has 2 aromatic carbocycles. The molecule has 0 aromatic heterocycles. The molecule has 1 saturated heterocycles. The largest absolute Gasteiger partial charge is 0.416 e. The number of nitrogens with one attached hydrogen (secondary N) is 1. The van der Waals surface area contributed by atoms with Crippen LogP contribution in [0.3, 0.4) is 0 Å². The number of para-hydroxylation sites is 1. The van der Waals surface area contributed by atoms with Crippen LogP contribution in [0.25, 0.3) is 0 Å². The van der Waals surface area contributed by atoms with Crippen molar-refractivity contribution >= 4 is 29.1 Å². The minimum absolute atomic E-state index is 0.0381. The van der Waals surface area contributed by atoms with Gasteiger partial charge in [-0.3, -0.25) is 14.4 Å². The lowest BCUT2D eigenvalue weighted by molar-refractivity contribution is -0.137. The summed E-state index contributed by atoms with van der Waals surface area (Å²) in [4.78, 5) is 40.0. The van der Waals surface area contributed by atoms with Gasteiger partial charge in [0.2, 0.25) is 17.7 Å². The molecule has 32 heavy (non-hydrogen) atoms. The summed E-state index contributed by atoms with van der Waals surface area (Å²) < 4.78 is 39.0. The third-order valence-corrected chi connectivity index (χ3v) is 5.39. The van der Waals surface area contributed by atoms with Gasteiger partial charge >= 0.3 is 6.18 Å². The van der Waals surface area contributed by atoms with Crippen molar-refractivity contribution in [2.45, 2.75) is 25.9 Å². The summed E-state index contributed by atoms with van der Waals surface area (Å²) in [6.45, 7) is 1.72. The van der Waals surface area contributed by atoms with Crippen LogP contribution < -0.4 is 10.2 Å². The number of alkyl halides is 3. The van der Waals surface area contributed by atoms with E-state index in [9.17, 15) is 27.6 Å². The van der Waals surface area contributed by atoms with E-state index >= 15 is 0 Å². The van der Waals surface area contributed by atoms with E-state index in [0.717, 1.165) is 24.1 Å². The lowest BCUT2D eigenvalue weighted by Gasteiger charge is -2.22. The fourth-order valence-corrected chi connectivity index (χ4v) is 3.72. The summed E-state index contributed by atoms with van der Waals surface area (Å²) in [6.07, 6.45) is -3.92. The second-order valence-electron chi connectivity index (χ2n) is 7.71. The Morgan fingerprint density at radius 3 is 2.56 bits per heavy atom. The van der Waals surface area contributed by atoms with Crippen LogP contribution in [0, 0.1) is 5.92 Å². The van der Waals surface area contributed by atoms with Crippen molar-refractivity contribution in [3.63, 3.8) is 0 Å². The highest BCUT2D eigenvalue weighted by Crippen LogP contribution is 2.33. The van der Waals surface area contributed by atoms with Crippen LogP contribution in [0.2, 0.25) is 0 Å². The Bertz CT molecular complexity index is 1020. The summed E-state index contributed by atoms with van der Waals surface area (Å²) >= 11 is 0. The van der Waals surface area contributed by atoms with E-state index < -0.39 is 29.5 Å². The zero-order chi connectivity index (χ0) is 23.5. The van der Waals surface area contributed by atoms with Crippen LogP contribution in [0.5, 0.6) is 0 Å². The summed E-state index contributed by atoms with van der Waals surface area (Å²) in [6, 6.07) is 11.8. The number of aryl methyl sites for hydroxylation is 1.